The van der Waals surface area contributed by atoms with Gasteiger partial charge in [-0.05, 0) is 24.3 Å². The van der Waals surface area contributed by atoms with E-state index in [1.165, 1.54) is 18.2 Å². The predicted octanol–water partition coefficient (Wildman–Crippen LogP) is 3.71. The molecule has 0 saturated carbocycles. The Kier molecular flexibility index (Phi) is 4.00. The fourth-order valence-corrected chi connectivity index (χ4v) is 2.54. The second-order valence-corrected chi connectivity index (χ2v) is 5.38. The Bertz CT molecular complexity index is 843. The molecule has 0 atom stereocenters. The Morgan fingerprint density at radius 3 is 2.73 bits per heavy atom. The van der Waals surface area contributed by atoms with Crippen molar-refractivity contribution in [3.8, 4) is 0 Å². The molecule has 1 amide bonds. The van der Waals surface area contributed by atoms with Gasteiger partial charge in [-0.3, -0.25) is 9.20 Å². The van der Waals surface area contributed by atoms with E-state index in [2.05, 4.69) is 10.3 Å². The predicted molar refractivity (Wildman–Crippen MR) is 82.8 cm³/mol. The summed E-state index contributed by atoms with van der Waals surface area (Å²) in [6.45, 7) is 0.140. The molecule has 0 spiro atoms. The second-order valence-electron chi connectivity index (χ2n) is 4.59. The number of nitrogens with one attached hydrogen (secondary N) is 1. The van der Waals surface area contributed by atoms with Crippen LogP contribution in [0.4, 0.5) is 4.39 Å². The van der Waals surface area contributed by atoms with Gasteiger partial charge in [0, 0.05) is 6.20 Å². The molecular weight excluding hydrogens is 328 g/mol. The van der Waals surface area contributed by atoms with Gasteiger partial charge in [0.1, 0.15) is 16.6 Å². The van der Waals surface area contributed by atoms with Gasteiger partial charge in [0.25, 0.3) is 5.91 Å². The average molecular weight is 338 g/mol. The van der Waals surface area contributed by atoms with Gasteiger partial charge in [-0.15, -0.1) is 0 Å². The van der Waals surface area contributed by atoms with Crippen molar-refractivity contribution in [1.29, 1.82) is 0 Å². The van der Waals surface area contributed by atoms with Crippen molar-refractivity contribution in [3.05, 3.63) is 69.8 Å². The van der Waals surface area contributed by atoms with E-state index in [1.54, 1.807) is 28.8 Å². The molecule has 0 aliphatic rings. The molecule has 22 heavy (non-hydrogen) atoms. The zero-order chi connectivity index (χ0) is 15.7. The summed E-state index contributed by atoms with van der Waals surface area (Å²) in [4.78, 5) is 16.4. The molecule has 7 heteroatoms. The fourth-order valence-electron chi connectivity index (χ4n) is 2.09. The van der Waals surface area contributed by atoms with Gasteiger partial charge in [-0.25, -0.2) is 9.37 Å². The largest absolute Gasteiger partial charge is 0.346 e. The molecule has 4 nitrogen and oxygen atoms in total. The monoisotopic (exact) mass is 337 g/mol. The van der Waals surface area contributed by atoms with Gasteiger partial charge in [-0.2, -0.15) is 0 Å². The third-order valence-electron chi connectivity index (χ3n) is 3.11. The topological polar surface area (TPSA) is 46.4 Å². The Balaban J connectivity index is 1.79. The maximum Gasteiger partial charge on any atom is 0.256 e. The number of carbonyl (C=O) groups is 1. The first-order valence-corrected chi connectivity index (χ1v) is 7.16. The van der Waals surface area contributed by atoms with E-state index < -0.39 is 11.7 Å². The normalized spacial score (nSPS) is 10.9. The van der Waals surface area contributed by atoms with E-state index >= 15 is 0 Å². The highest BCUT2D eigenvalue weighted by Crippen LogP contribution is 2.19. The van der Waals surface area contributed by atoms with Gasteiger partial charge in [0.15, 0.2) is 0 Å². The summed E-state index contributed by atoms with van der Waals surface area (Å²) in [6, 6.07) is 9.41. The number of fused-ring (bicyclic) bond motifs is 1. The number of imidazole rings is 1. The number of nitrogens with zero attached hydrogens (tertiary/aromatic N) is 2. The first-order valence-electron chi connectivity index (χ1n) is 6.41. The van der Waals surface area contributed by atoms with Gasteiger partial charge in [-0.1, -0.05) is 35.3 Å². The van der Waals surface area contributed by atoms with E-state index in [0.29, 0.717) is 16.5 Å². The molecule has 0 unspecified atom stereocenters. The summed E-state index contributed by atoms with van der Waals surface area (Å²) < 4.78 is 15.4. The number of benzene rings is 1. The molecule has 0 saturated heterocycles. The van der Waals surface area contributed by atoms with Crippen molar-refractivity contribution in [2.24, 2.45) is 0 Å². The number of aromatic nitrogens is 2. The van der Waals surface area contributed by atoms with E-state index in [0.717, 1.165) is 0 Å². The van der Waals surface area contributed by atoms with Crippen LogP contribution in [0.15, 0.2) is 42.6 Å². The summed E-state index contributed by atoms with van der Waals surface area (Å²) in [5, 5.41) is 3.17. The van der Waals surface area contributed by atoms with Crippen molar-refractivity contribution in [2.45, 2.75) is 6.54 Å². The van der Waals surface area contributed by atoms with Crippen LogP contribution in [0.3, 0.4) is 0 Å². The lowest BCUT2D eigenvalue weighted by atomic mass is 10.2. The minimum atomic E-state index is -0.664. The molecule has 2 heterocycles. The number of rotatable bonds is 3. The standard InChI is InChI=1S/C15H10Cl2FN3O/c16-10-3-1-4-11(18)14(10)15(22)19-7-9-8-21-12(17)5-2-6-13(21)20-9/h1-6,8H,7H2,(H,19,22). The Hall–Kier alpha value is -2.11. The second kappa shape index (κ2) is 5.94. The summed E-state index contributed by atoms with van der Waals surface area (Å²) >= 11 is 11.9. The van der Waals surface area contributed by atoms with Gasteiger partial charge in [0.2, 0.25) is 0 Å². The molecule has 0 aliphatic carbocycles. The minimum absolute atomic E-state index is 0.0653. The van der Waals surface area contributed by atoms with Crippen molar-refractivity contribution in [1.82, 2.24) is 14.7 Å². The van der Waals surface area contributed by atoms with Crippen molar-refractivity contribution in [3.63, 3.8) is 0 Å². The molecule has 1 aromatic carbocycles. The highest BCUT2D eigenvalue weighted by molar-refractivity contribution is 6.33. The molecule has 112 valence electrons. The average Bonchev–Trinajstić information content (AvgIpc) is 2.89. The summed E-state index contributed by atoms with van der Waals surface area (Å²) in [7, 11) is 0. The number of halogens is 3. The molecule has 1 N–H and O–H groups in total. The highest BCUT2D eigenvalue weighted by atomic mass is 35.5. The van der Waals surface area contributed by atoms with Crippen molar-refractivity contribution in [2.75, 3.05) is 0 Å². The number of carbonyl (C=O) groups excluding carboxylic acids is 1. The van der Waals surface area contributed by atoms with Crippen LogP contribution in [0.25, 0.3) is 5.65 Å². The lowest BCUT2D eigenvalue weighted by molar-refractivity contribution is 0.0946. The lowest BCUT2D eigenvalue weighted by Gasteiger charge is -2.06. The number of amides is 1. The third kappa shape index (κ3) is 2.77. The Morgan fingerprint density at radius 2 is 2.00 bits per heavy atom. The SMILES string of the molecule is O=C(NCc1cn2c(Cl)cccc2n1)c1c(F)cccc1Cl. The number of pyridine rings is 1. The fraction of sp³-hybridized carbons (Fsp3) is 0.0667. The van der Waals surface area contributed by atoms with Crippen molar-refractivity contribution >= 4 is 34.8 Å². The molecular formula is C15H10Cl2FN3O. The van der Waals surface area contributed by atoms with E-state index in [-0.39, 0.29) is 17.1 Å². The van der Waals surface area contributed by atoms with Gasteiger partial charge >= 0.3 is 0 Å². The first-order chi connectivity index (χ1) is 10.6. The van der Waals surface area contributed by atoms with Crippen LogP contribution >= 0.6 is 23.2 Å². The van der Waals surface area contributed by atoms with Crippen LogP contribution in [-0.4, -0.2) is 15.3 Å². The smallest absolute Gasteiger partial charge is 0.256 e. The molecule has 0 bridgehead atoms. The van der Waals surface area contributed by atoms with Crippen LogP contribution in [0.5, 0.6) is 0 Å². The number of hydrogen-bond donors (Lipinski definition) is 1. The summed E-state index contributed by atoms with van der Waals surface area (Å²) in [6.07, 6.45) is 1.71. The number of hydrogen-bond acceptors (Lipinski definition) is 2. The molecule has 0 radical (unpaired) electrons. The summed E-state index contributed by atoms with van der Waals surface area (Å²) in [5.74, 6) is -1.26. The van der Waals surface area contributed by atoms with Crippen LogP contribution in [0, 0.1) is 5.82 Å². The van der Waals surface area contributed by atoms with E-state index in [4.69, 9.17) is 23.2 Å². The minimum Gasteiger partial charge on any atom is -0.346 e. The van der Waals surface area contributed by atoms with E-state index in [9.17, 15) is 9.18 Å². The Labute approximate surface area is 135 Å². The molecule has 3 aromatic rings. The quantitative estimate of drug-likeness (QED) is 0.740. The van der Waals surface area contributed by atoms with Crippen LogP contribution in [0.2, 0.25) is 10.2 Å². The first kappa shape index (κ1) is 14.8. The molecule has 0 fully saturated rings. The summed E-state index contributed by atoms with van der Waals surface area (Å²) in [5.41, 5.74) is 1.10. The maximum absolute atomic E-state index is 13.7. The van der Waals surface area contributed by atoms with Gasteiger partial charge < -0.3 is 5.32 Å². The van der Waals surface area contributed by atoms with Crippen LogP contribution < -0.4 is 5.32 Å². The van der Waals surface area contributed by atoms with Gasteiger partial charge in [0.05, 0.1) is 22.8 Å². The third-order valence-corrected chi connectivity index (χ3v) is 3.74. The highest BCUT2D eigenvalue weighted by Gasteiger charge is 2.15. The van der Waals surface area contributed by atoms with E-state index in [1.807, 2.05) is 0 Å². The van der Waals surface area contributed by atoms with Crippen LogP contribution in [0.1, 0.15) is 16.1 Å². The molecule has 0 aliphatic heterocycles. The zero-order valence-electron chi connectivity index (χ0n) is 11.2. The Morgan fingerprint density at radius 1 is 1.23 bits per heavy atom. The molecule has 2 aromatic heterocycles. The zero-order valence-corrected chi connectivity index (χ0v) is 12.7. The van der Waals surface area contributed by atoms with Crippen molar-refractivity contribution < 1.29 is 9.18 Å². The maximum atomic E-state index is 13.7. The molecule has 3 rings (SSSR count). The van der Waals surface area contributed by atoms with Crippen LogP contribution in [-0.2, 0) is 6.54 Å². The lowest BCUT2D eigenvalue weighted by Crippen LogP contribution is -2.24.